The molecule has 0 fully saturated rings. The molecule has 20 heavy (non-hydrogen) atoms. The number of nitrogens with zero attached hydrogens (tertiary/aromatic N) is 1. The van der Waals surface area contributed by atoms with Crippen molar-refractivity contribution < 1.29 is 10.0 Å². The third kappa shape index (κ3) is 3.27. The first kappa shape index (κ1) is 14.3. The molecule has 104 valence electrons. The molecule has 0 spiro atoms. The van der Waals surface area contributed by atoms with Crippen molar-refractivity contribution in [3.8, 4) is 0 Å². The van der Waals surface area contributed by atoms with Crippen molar-refractivity contribution in [1.82, 2.24) is 0 Å². The van der Waals surface area contributed by atoms with Crippen LogP contribution in [0, 0.1) is 12.1 Å². The summed E-state index contributed by atoms with van der Waals surface area (Å²) in [7, 11) is 0. The molecule has 0 unspecified atom stereocenters. The molecule has 2 N–H and O–H groups in total. The van der Waals surface area contributed by atoms with Crippen LogP contribution in [0.15, 0.2) is 42.5 Å². The maximum atomic E-state index is 12.1. The van der Waals surface area contributed by atoms with E-state index in [9.17, 15) is 10.0 Å². The van der Waals surface area contributed by atoms with Gasteiger partial charge in [-0.05, 0) is 37.3 Å². The summed E-state index contributed by atoms with van der Waals surface area (Å²) in [5, 5.41) is 22.2. The van der Waals surface area contributed by atoms with E-state index in [-0.39, 0.29) is 21.5 Å². The van der Waals surface area contributed by atoms with E-state index in [1.165, 1.54) is 18.2 Å². The molecule has 0 aliphatic rings. The largest absolute Gasteiger partial charge is 0.733 e. The fraction of sp³-hybridized carbons (Fsp3) is 0.0714. The van der Waals surface area contributed by atoms with Crippen LogP contribution in [0.5, 0.6) is 0 Å². The topological polar surface area (TPSA) is 75.6 Å². The summed E-state index contributed by atoms with van der Waals surface area (Å²) >= 11 is 5.92. The molecular weight excluding hydrogens is 280 g/mol. The highest BCUT2D eigenvalue weighted by molar-refractivity contribution is 6.34. The zero-order valence-electron chi connectivity index (χ0n) is 10.6. The summed E-state index contributed by atoms with van der Waals surface area (Å²) in [5.74, 6) is -0.456. The molecule has 5 nitrogen and oxygen atoms in total. The minimum atomic E-state index is -0.456. The first-order valence-corrected chi connectivity index (χ1v) is 6.19. The number of carbonyl (C=O) groups excluding carboxylic acids is 1. The average molecular weight is 292 g/mol. The van der Waals surface area contributed by atoms with Crippen LogP contribution in [0.2, 0.25) is 5.02 Å². The van der Waals surface area contributed by atoms with Gasteiger partial charge in [-0.1, -0.05) is 29.3 Å². The Balaban J connectivity index is 2.24. The van der Waals surface area contributed by atoms with Crippen molar-refractivity contribution >= 4 is 28.9 Å². The van der Waals surface area contributed by atoms with E-state index >= 15 is 0 Å². The maximum absolute atomic E-state index is 12.1. The summed E-state index contributed by atoms with van der Waals surface area (Å²) in [5.41, 5.74) is 1.73. The van der Waals surface area contributed by atoms with E-state index < -0.39 is 5.91 Å². The quantitative estimate of drug-likeness (QED) is 0.847. The monoisotopic (exact) mass is 291 g/mol. The smallest absolute Gasteiger partial charge is 0.257 e. The van der Waals surface area contributed by atoms with E-state index in [0.717, 1.165) is 5.56 Å². The second-order valence-electron chi connectivity index (χ2n) is 4.26. The van der Waals surface area contributed by atoms with Crippen molar-refractivity contribution in [3.63, 3.8) is 0 Å². The molecule has 0 aromatic heterocycles. The van der Waals surface area contributed by atoms with Crippen LogP contribution in [0.1, 0.15) is 15.9 Å². The minimum absolute atomic E-state index is 0.0662. The molecule has 0 bridgehead atoms. The summed E-state index contributed by atoms with van der Waals surface area (Å²) in [6.07, 6.45) is 0. The number of anilines is 2. The molecular formula is C14H12ClN2O3-. The maximum Gasteiger partial charge on any atom is 0.257 e. The zero-order valence-corrected chi connectivity index (χ0v) is 11.4. The second-order valence-corrected chi connectivity index (χ2v) is 4.66. The summed E-state index contributed by atoms with van der Waals surface area (Å²) in [6, 6.07) is 11.2. The van der Waals surface area contributed by atoms with Gasteiger partial charge in [0.05, 0.1) is 16.3 Å². The molecule has 1 amide bonds. The molecule has 2 aromatic rings. The van der Waals surface area contributed by atoms with Gasteiger partial charge in [-0.2, -0.15) is 0 Å². The Hall–Kier alpha value is -2.08. The van der Waals surface area contributed by atoms with Crippen molar-refractivity contribution in [2.75, 3.05) is 10.5 Å². The Labute approximate surface area is 120 Å². The Bertz CT molecular complexity index is 627. The Morgan fingerprint density at radius 3 is 2.50 bits per heavy atom. The van der Waals surface area contributed by atoms with Crippen molar-refractivity contribution in [3.05, 3.63) is 63.8 Å². The Morgan fingerprint density at radius 1 is 1.25 bits per heavy atom. The number of carbonyl (C=O) groups is 1. The van der Waals surface area contributed by atoms with Gasteiger partial charge in [0, 0.05) is 5.69 Å². The molecule has 0 aliphatic carbocycles. The van der Waals surface area contributed by atoms with Gasteiger partial charge in [-0.25, -0.2) is 0 Å². The highest BCUT2D eigenvalue weighted by Gasteiger charge is 2.12. The summed E-state index contributed by atoms with van der Waals surface area (Å²) < 4.78 is 0. The van der Waals surface area contributed by atoms with E-state index in [4.69, 9.17) is 16.8 Å². The third-order valence-corrected chi connectivity index (χ3v) is 3.05. The zero-order chi connectivity index (χ0) is 14.7. The lowest BCUT2D eigenvalue weighted by atomic mass is 10.1. The molecule has 0 atom stereocenters. The van der Waals surface area contributed by atoms with Gasteiger partial charge in [-0.3, -0.25) is 10.0 Å². The lowest BCUT2D eigenvalue weighted by molar-refractivity contribution is 0.102. The molecule has 0 saturated carbocycles. The van der Waals surface area contributed by atoms with Gasteiger partial charge >= 0.3 is 0 Å². The van der Waals surface area contributed by atoms with Crippen LogP contribution in [-0.2, 0) is 0 Å². The first-order valence-electron chi connectivity index (χ1n) is 5.81. The molecule has 2 aromatic carbocycles. The van der Waals surface area contributed by atoms with Gasteiger partial charge in [0.25, 0.3) is 5.91 Å². The predicted octanol–water partition coefficient (Wildman–Crippen LogP) is 3.59. The first-order chi connectivity index (χ1) is 9.47. The Kier molecular flexibility index (Phi) is 4.24. The van der Waals surface area contributed by atoms with E-state index in [1.54, 1.807) is 12.1 Å². The van der Waals surface area contributed by atoms with Crippen LogP contribution >= 0.6 is 11.6 Å². The van der Waals surface area contributed by atoms with Crippen LogP contribution in [0.25, 0.3) is 0 Å². The highest BCUT2D eigenvalue weighted by atomic mass is 35.5. The van der Waals surface area contributed by atoms with E-state index in [1.807, 2.05) is 19.1 Å². The minimum Gasteiger partial charge on any atom is -0.733 e. The number of halogens is 1. The molecule has 2 rings (SSSR count). The average Bonchev–Trinajstić information content (AvgIpc) is 2.41. The van der Waals surface area contributed by atoms with Crippen LogP contribution < -0.4 is 10.5 Å². The fourth-order valence-corrected chi connectivity index (χ4v) is 1.84. The normalized spacial score (nSPS) is 10.2. The number of nitrogens with one attached hydrogen (secondary N) is 1. The SMILES string of the molecule is Cc1ccc(NC(=O)c2cc(N([O-])O)ccc2Cl)cc1. The number of rotatable bonds is 3. The van der Waals surface area contributed by atoms with E-state index in [2.05, 4.69) is 5.32 Å². The van der Waals surface area contributed by atoms with Crippen LogP contribution in [0.4, 0.5) is 11.4 Å². The standard InChI is InChI=1S/C14H12ClN2O3/c1-9-2-4-10(5-3-9)16-14(18)12-8-11(17(19)20)6-7-13(12)15/h2-8,19H,1H3,(H,16,18)/q-1. The lowest BCUT2D eigenvalue weighted by Gasteiger charge is -2.22. The van der Waals surface area contributed by atoms with Crippen LogP contribution in [-0.4, -0.2) is 11.1 Å². The predicted molar refractivity (Wildman–Crippen MR) is 78.2 cm³/mol. The Morgan fingerprint density at radius 2 is 1.90 bits per heavy atom. The van der Waals surface area contributed by atoms with Crippen molar-refractivity contribution in [2.45, 2.75) is 6.92 Å². The van der Waals surface area contributed by atoms with Gasteiger partial charge < -0.3 is 15.8 Å². The van der Waals surface area contributed by atoms with Crippen molar-refractivity contribution in [2.24, 2.45) is 0 Å². The van der Waals surface area contributed by atoms with Gasteiger partial charge in [0.15, 0.2) is 0 Å². The van der Waals surface area contributed by atoms with Gasteiger partial charge in [0.2, 0.25) is 0 Å². The van der Waals surface area contributed by atoms with E-state index in [0.29, 0.717) is 5.69 Å². The molecule has 6 heteroatoms. The second kappa shape index (κ2) is 5.92. The summed E-state index contributed by atoms with van der Waals surface area (Å²) in [6.45, 7) is 1.94. The number of aryl methyl sites for hydroxylation is 1. The molecule has 0 radical (unpaired) electrons. The molecule has 0 saturated heterocycles. The fourth-order valence-electron chi connectivity index (χ4n) is 1.64. The number of benzene rings is 2. The third-order valence-electron chi connectivity index (χ3n) is 2.72. The van der Waals surface area contributed by atoms with Crippen LogP contribution in [0.3, 0.4) is 0 Å². The lowest BCUT2D eigenvalue weighted by Crippen LogP contribution is -2.14. The number of amides is 1. The summed E-state index contributed by atoms with van der Waals surface area (Å²) in [4.78, 5) is 12.1. The number of hydrogen-bond acceptors (Lipinski definition) is 4. The highest BCUT2D eigenvalue weighted by Crippen LogP contribution is 2.23. The van der Waals surface area contributed by atoms with Crippen molar-refractivity contribution in [1.29, 1.82) is 0 Å². The van der Waals surface area contributed by atoms with Gasteiger partial charge in [0.1, 0.15) is 0 Å². The van der Waals surface area contributed by atoms with Gasteiger partial charge in [-0.15, -0.1) is 0 Å². The molecule has 0 aliphatic heterocycles. The number of hydrogen-bond donors (Lipinski definition) is 2. The molecule has 0 heterocycles.